The van der Waals surface area contributed by atoms with Crippen LogP contribution in [0.4, 0.5) is 0 Å². The van der Waals surface area contributed by atoms with E-state index >= 15 is 0 Å². The fourth-order valence-corrected chi connectivity index (χ4v) is 5.50. The Bertz CT molecular complexity index is 798. The minimum Gasteiger partial charge on any atom is -0.493 e. The summed E-state index contributed by atoms with van der Waals surface area (Å²) in [6.45, 7) is 4.55. The Kier molecular flexibility index (Phi) is 7.02. The molecule has 6 heteroatoms. The number of aliphatic hydroxyl groups is 1. The Morgan fingerprint density at radius 1 is 1.21 bits per heavy atom. The van der Waals surface area contributed by atoms with Crippen molar-refractivity contribution in [1.82, 2.24) is 0 Å². The lowest BCUT2D eigenvalue weighted by atomic mass is 9.90. The molecule has 0 bridgehead atoms. The van der Waals surface area contributed by atoms with Gasteiger partial charge in [0.2, 0.25) is 0 Å². The molecule has 0 radical (unpaired) electrons. The molecule has 2 N–H and O–H groups in total. The van der Waals surface area contributed by atoms with Crippen molar-refractivity contribution < 1.29 is 19.7 Å². The van der Waals surface area contributed by atoms with Gasteiger partial charge >= 0.3 is 5.97 Å². The molecule has 1 aromatic carbocycles. The summed E-state index contributed by atoms with van der Waals surface area (Å²) < 4.78 is 6.01. The number of hydrogen-bond donors (Lipinski definition) is 2. The summed E-state index contributed by atoms with van der Waals surface area (Å²) in [4.78, 5) is 12.5. The number of carboxylic acids is 1. The summed E-state index contributed by atoms with van der Waals surface area (Å²) in [5, 5.41) is 19.4. The van der Waals surface area contributed by atoms with Gasteiger partial charge in [0.15, 0.2) is 0 Å². The minimum atomic E-state index is -0.875. The highest BCUT2D eigenvalue weighted by Gasteiger charge is 2.41. The van der Waals surface area contributed by atoms with Crippen molar-refractivity contribution in [3.05, 3.63) is 51.2 Å². The van der Waals surface area contributed by atoms with Crippen LogP contribution in [0.25, 0.3) is 0 Å². The number of halogens is 1. The van der Waals surface area contributed by atoms with Gasteiger partial charge in [0.25, 0.3) is 0 Å². The van der Waals surface area contributed by atoms with Gasteiger partial charge in [-0.3, -0.25) is 0 Å². The molecule has 28 heavy (non-hydrogen) atoms. The van der Waals surface area contributed by atoms with E-state index in [1.165, 1.54) is 11.3 Å². The van der Waals surface area contributed by atoms with Crippen LogP contribution in [0.2, 0.25) is 0 Å². The normalized spacial score (nSPS) is 24.4. The Labute approximate surface area is 175 Å². The monoisotopic (exact) mass is 422 g/mol. The van der Waals surface area contributed by atoms with Gasteiger partial charge in [0.05, 0.1) is 12.7 Å². The summed E-state index contributed by atoms with van der Waals surface area (Å²) >= 11 is 7.87. The molecule has 0 aliphatic heterocycles. The molecular formula is C22H27ClO4S. The third-order valence-electron chi connectivity index (χ3n) is 5.45. The molecular weight excluding hydrogens is 396 g/mol. The molecule has 3 rings (SSSR count). The first kappa shape index (κ1) is 21.2. The number of aromatic carboxylic acids is 1. The second-order valence-electron chi connectivity index (χ2n) is 7.74. The van der Waals surface area contributed by atoms with E-state index in [4.69, 9.17) is 21.4 Å². The Morgan fingerprint density at radius 2 is 1.93 bits per heavy atom. The first-order valence-corrected chi connectivity index (χ1v) is 10.9. The molecule has 4 atom stereocenters. The maximum atomic E-state index is 11.0. The van der Waals surface area contributed by atoms with Crippen LogP contribution in [0, 0.1) is 25.7 Å². The first-order chi connectivity index (χ1) is 13.3. The summed E-state index contributed by atoms with van der Waals surface area (Å²) in [5.41, 5.74) is 2.32. The van der Waals surface area contributed by atoms with E-state index in [1.807, 2.05) is 32.0 Å². The van der Waals surface area contributed by atoms with E-state index in [-0.39, 0.29) is 17.2 Å². The van der Waals surface area contributed by atoms with E-state index in [1.54, 1.807) is 6.07 Å². The standard InChI is InChI=1S/C22H27ClO4S/c1-13-8-14(2)10-15(9-13)27-12-18-17(19(23)11-20(18)24)5-3-4-16-6-7-21(28-16)22(25)26/h6-10,17-20,24H,3-5,11-12H2,1-2H3,(H,25,26)/t17-,18-,19+,20-/m1/s1. The molecule has 0 spiro atoms. The van der Waals surface area contributed by atoms with Gasteiger partial charge in [-0.1, -0.05) is 6.07 Å². The molecule has 1 saturated carbocycles. The van der Waals surface area contributed by atoms with E-state index in [2.05, 4.69) is 6.07 Å². The Balaban J connectivity index is 1.56. The number of thiophene rings is 1. The number of benzene rings is 1. The minimum absolute atomic E-state index is 0.0150. The SMILES string of the molecule is Cc1cc(C)cc(OC[C@@H]2[C@@H](CCCc3ccc(C(=O)O)s3)[C@@H](Cl)C[C@H]2O)c1. The second kappa shape index (κ2) is 9.29. The van der Waals surface area contributed by atoms with Gasteiger partial charge in [-0.15, -0.1) is 22.9 Å². The van der Waals surface area contributed by atoms with Crippen LogP contribution in [-0.4, -0.2) is 34.3 Å². The number of hydrogen-bond acceptors (Lipinski definition) is 4. The summed E-state index contributed by atoms with van der Waals surface area (Å²) in [6, 6.07) is 9.68. The number of ether oxygens (including phenoxy) is 1. The van der Waals surface area contributed by atoms with Gasteiger partial charge in [0, 0.05) is 16.2 Å². The Morgan fingerprint density at radius 3 is 2.57 bits per heavy atom. The third kappa shape index (κ3) is 5.28. The topological polar surface area (TPSA) is 66.8 Å². The lowest BCUT2D eigenvalue weighted by Gasteiger charge is -2.24. The van der Waals surface area contributed by atoms with E-state index in [0.717, 1.165) is 41.0 Å². The molecule has 4 nitrogen and oxygen atoms in total. The van der Waals surface area contributed by atoms with Gasteiger partial charge in [-0.05, 0) is 80.8 Å². The maximum absolute atomic E-state index is 11.0. The number of carbonyl (C=O) groups is 1. The first-order valence-electron chi connectivity index (χ1n) is 9.68. The largest absolute Gasteiger partial charge is 0.493 e. The predicted molar refractivity (Wildman–Crippen MR) is 113 cm³/mol. The number of carboxylic acid groups (broad SMARTS) is 1. The highest BCUT2D eigenvalue weighted by Crippen LogP contribution is 2.39. The average molecular weight is 423 g/mol. The number of aryl methyl sites for hydroxylation is 3. The summed E-state index contributed by atoms with van der Waals surface area (Å²) in [5.74, 6) is 0.170. The number of aliphatic hydroxyl groups excluding tert-OH is 1. The molecule has 0 unspecified atom stereocenters. The van der Waals surface area contributed by atoms with Crippen LogP contribution in [-0.2, 0) is 6.42 Å². The zero-order valence-corrected chi connectivity index (χ0v) is 17.8. The number of alkyl halides is 1. The zero-order chi connectivity index (χ0) is 20.3. The van der Waals surface area contributed by atoms with Crippen molar-refractivity contribution in [3.8, 4) is 5.75 Å². The van der Waals surface area contributed by atoms with E-state index in [0.29, 0.717) is 17.9 Å². The quantitative estimate of drug-likeness (QED) is 0.583. The highest BCUT2D eigenvalue weighted by atomic mass is 35.5. The van der Waals surface area contributed by atoms with Crippen molar-refractivity contribution in [2.45, 2.75) is 51.0 Å². The average Bonchev–Trinajstić information content (AvgIpc) is 3.18. The smallest absolute Gasteiger partial charge is 0.345 e. The molecule has 2 aromatic rings. The molecule has 1 heterocycles. The molecule has 1 aliphatic carbocycles. The second-order valence-corrected chi connectivity index (χ2v) is 9.47. The van der Waals surface area contributed by atoms with Crippen LogP contribution in [0.15, 0.2) is 30.3 Å². The zero-order valence-electron chi connectivity index (χ0n) is 16.2. The van der Waals surface area contributed by atoms with Crippen LogP contribution < -0.4 is 4.74 Å². The van der Waals surface area contributed by atoms with Crippen molar-refractivity contribution in [3.63, 3.8) is 0 Å². The summed E-state index contributed by atoms with van der Waals surface area (Å²) in [7, 11) is 0. The van der Waals surface area contributed by atoms with Crippen LogP contribution in [0.5, 0.6) is 5.75 Å². The van der Waals surface area contributed by atoms with E-state index in [9.17, 15) is 9.90 Å². The molecule has 0 amide bonds. The fraction of sp³-hybridized carbons (Fsp3) is 0.500. The van der Waals surface area contributed by atoms with Gasteiger partial charge in [0.1, 0.15) is 10.6 Å². The summed E-state index contributed by atoms with van der Waals surface area (Å²) in [6.07, 6.45) is 2.79. The number of rotatable bonds is 8. The lowest BCUT2D eigenvalue weighted by Crippen LogP contribution is -2.27. The van der Waals surface area contributed by atoms with Crippen molar-refractivity contribution in [2.24, 2.45) is 11.8 Å². The van der Waals surface area contributed by atoms with Gasteiger partial charge in [-0.25, -0.2) is 4.79 Å². The van der Waals surface area contributed by atoms with Crippen molar-refractivity contribution >= 4 is 28.9 Å². The Hall–Kier alpha value is -1.56. The van der Waals surface area contributed by atoms with Crippen molar-refractivity contribution in [2.75, 3.05) is 6.61 Å². The van der Waals surface area contributed by atoms with E-state index < -0.39 is 12.1 Å². The van der Waals surface area contributed by atoms with Crippen molar-refractivity contribution in [1.29, 1.82) is 0 Å². The van der Waals surface area contributed by atoms with Gasteiger partial charge in [-0.2, -0.15) is 0 Å². The molecule has 0 saturated heterocycles. The molecule has 1 aromatic heterocycles. The highest BCUT2D eigenvalue weighted by molar-refractivity contribution is 7.13. The fourth-order valence-electron chi connectivity index (χ4n) is 4.11. The lowest BCUT2D eigenvalue weighted by molar-refractivity contribution is 0.0701. The van der Waals surface area contributed by atoms with Crippen LogP contribution in [0.1, 0.15) is 44.9 Å². The molecule has 152 valence electrons. The van der Waals surface area contributed by atoms with Crippen LogP contribution >= 0.6 is 22.9 Å². The molecule has 1 aliphatic rings. The van der Waals surface area contributed by atoms with Crippen LogP contribution in [0.3, 0.4) is 0 Å². The predicted octanol–water partition coefficient (Wildman–Crippen LogP) is 5.07. The van der Waals surface area contributed by atoms with Gasteiger partial charge < -0.3 is 14.9 Å². The third-order valence-corrected chi connectivity index (χ3v) is 7.08. The molecule has 1 fully saturated rings. The maximum Gasteiger partial charge on any atom is 0.345 e.